The zero-order chi connectivity index (χ0) is 15.9. The second-order valence-electron chi connectivity index (χ2n) is 5.52. The summed E-state index contributed by atoms with van der Waals surface area (Å²) in [6, 6.07) is 0. The minimum Gasteiger partial charge on any atom is -0.466 e. The van der Waals surface area contributed by atoms with E-state index in [-0.39, 0.29) is 5.97 Å². The van der Waals surface area contributed by atoms with Gasteiger partial charge in [0.05, 0.1) is 7.11 Å². The lowest BCUT2D eigenvalue weighted by molar-refractivity contribution is -0.166. The summed E-state index contributed by atoms with van der Waals surface area (Å²) in [5.74, 6) is -0.725. The van der Waals surface area contributed by atoms with E-state index in [9.17, 15) is 9.59 Å². The average Bonchev–Trinajstić information content (AvgIpc) is 2.49. The van der Waals surface area contributed by atoms with E-state index in [4.69, 9.17) is 9.47 Å². The fourth-order valence-electron chi connectivity index (χ4n) is 2.20. The lowest BCUT2D eigenvalue weighted by Crippen LogP contribution is -2.28. The van der Waals surface area contributed by atoms with Gasteiger partial charge in [-0.05, 0) is 19.3 Å². The molecule has 0 heterocycles. The lowest BCUT2D eigenvalue weighted by atomic mass is 10.1. The summed E-state index contributed by atoms with van der Waals surface area (Å²) in [7, 11) is 1.33. The molecule has 1 atom stereocenters. The molecule has 124 valence electrons. The van der Waals surface area contributed by atoms with Gasteiger partial charge in [-0.25, -0.2) is 4.79 Å². The van der Waals surface area contributed by atoms with E-state index in [0.29, 0.717) is 12.8 Å². The predicted octanol–water partition coefficient (Wildman–Crippen LogP) is 4.40. The quantitative estimate of drug-likeness (QED) is 0.373. The predicted molar refractivity (Wildman–Crippen MR) is 84.0 cm³/mol. The molecule has 0 saturated carbocycles. The third-order valence-electron chi connectivity index (χ3n) is 3.54. The van der Waals surface area contributed by atoms with E-state index in [1.807, 2.05) is 0 Å². The van der Waals surface area contributed by atoms with Gasteiger partial charge in [0, 0.05) is 6.42 Å². The maximum absolute atomic E-state index is 11.7. The third kappa shape index (κ3) is 11.3. The van der Waals surface area contributed by atoms with Crippen molar-refractivity contribution in [3.8, 4) is 0 Å². The Labute approximate surface area is 129 Å². The number of carbonyl (C=O) groups is 2. The van der Waals surface area contributed by atoms with Gasteiger partial charge in [-0.1, -0.05) is 58.8 Å². The topological polar surface area (TPSA) is 52.6 Å². The van der Waals surface area contributed by atoms with Crippen molar-refractivity contribution in [2.75, 3.05) is 7.11 Å². The van der Waals surface area contributed by atoms with Crippen molar-refractivity contribution in [1.29, 1.82) is 0 Å². The Morgan fingerprint density at radius 1 is 0.857 bits per heavy atom. The average molecular weight is 300 g/mol. The minimum absolute atomic E-state index is 0.287. The summed E-state index contributed by atoms with van der Waals surface area (Å²) >= 11 is 0. The van der Waals surface area contributed by atoms with Crippen molar-refractivity contribution in [3.05, 3.63) is 0 Å². The number of rotatable bonds is 13. The van der Waals surface area contributed by atoms with E-state index < -0.39 is 12.1 Å². The second kappa shape index (κ2) is 13.9. The molecule has 0 bridgehead atoms. The first-order chi connectivity index (χ1) is 10.2. The number of hydrogen-bond donors (Lipinski definition) is 0. The monoisotopic (exact) mass is 300 g/mol. The zero-order valence-electron chi connectivity index (χ0n) is 14.0. The van der Waals surface area contributed by atoms with Crippen LogP contribution in [0.4, 0.5) is 0 Å². The minimum atomic E-state index is -0.727. The van der Waals surface area contributed by atoms with E-state index in [2.05, 4.69) is 13.8 Å². The van der Waals surface area contributed by atoms with Crippen molar-refractivity contribution in [1.82, 2.24) is 0 Å². The molecular formula is C17H32O4. The van der Waals surface area contributed by atoms with Crippen LogP contribution in [-0.2, 0) is 19.1 Å². The highest BCUT2D eigenvalue weighted by molar-refractivity contribution is 5.79. The molecule has 0 aromatic rings. The largest absolute Gasteiger partial charge is 0.466 e. The van der Waals surface area contributed by atoms with Crippen LogP contribution in [0, 0.1) is 0 Å². The van der Waals surface area contributed by atoms with Crippen LogP contribution >= 0.6 is 0 Å². The molecule has 0 spiro atoms. The SMILES string of the molecule is CCCCCCCCC(OC(=O)CCCCC)C(=O)OC. The number of unbranched alkanes of at least 4 members (excludes halogenated alkanes) is 7. The first-order valence-electron chi connectivity index (χ1n) is 8.43. The van der Waals surface area contributed by atoms with Crippen LogP contribution in [0.25, 0.3) is 0 Å². The summed E-state index contributed by atoms with van der Waals surface area (Å²) in [5.41, 5.74) is 0. The van der Waals surface area contributed by atoms with E-state index in [1.165, 1.54) is 32.8 Å². The van der Waals surface area contributed by atoms with Gasteiger partial charge in [0.15, 0.2) is 6.10 Å². The Morgan fingerprint density at radius 2 is 1.43 bits per heavy atom. The Bertz CT molecular complexity index is 276. The number of methoxy groups -OCH3 is 1. The Morgan fingerprint density at radius 3 is 2.05 bits per heavy atom. The van der Waals surface area contributed by atoms with Gasteiger partial charge in [-0.3, -0.25) is 4.79 Å². The molecule has 21 heavy (non-hydrogen) atoms. The summed E-state index contributed by atoms with van der Waals surface area (Å²) in [5, 5.41) is 0. The van der Waals surface area contributed by atoms with Crippen LogP contribution in [0.2, 0.25) is 0 Å². The first-order valence-corrected chi connectivity index (χ1v) is 8.43. The maximum Gasteiger partial charge on any atom is 0.347 e. The van der Waals surface area contributed by atoms with Gasteiger partial charge < -0.3 is 9.47 Å². The molecule has 4 nitrogen and oxygen atoms in total. The molecule has 0 aromatic heterocycles. The maximum atomic E-state index is 11.7. The highest BCUT2D eigenvalue weighted by Crippen LogP contribution is 2.13. The van der Waals surface area contributed by atoms with Crippen LogP contribution in [0.15, 0.2) is 0 Å². The van der Waals surface area contributed by atoms with Crippen molar-refractivity contribution in [2.24, 2.45) is 0 Å². The van der Waals surface area contributed by atoms with E-state index >= 15 is 0 Å². The first kappa shape index (κ1) is 19.9. The molecule has 0 fully saturated rings. The molecule has 4 heteroatoms. The Hall–Kier alpha value is -1.06. The fourth-order valence-corrected chi connectivity index (χ4v) is 2.20. The summed E-state index contributed by atoms with van der Waals surface area (Å²) in [4.78, 5) is 23.3. The van der Waals surface area contributed by atoms with Crippen molar-refractivity contribution in [3.63, 3.8) is 0 Å². The molecule has 0 amide bonds. The van der Waals surface area contributed by atoms with Crippen LogP contribution < -0.4 is 0 Å². The molecule has 0 aliphatic rings. The van der Waals surface area contributed by atoms with Gasteiger partial charge in [0.25, 0.3) is 0 Å². The Balaban J connectivity index is 3.97. The highest BCUT2D eigenvalue weighted by atomic mass is 16.6. The second-order valence-corrected chi connectivity index (χ2v) is 5.52. The van der Waals surface area contributed by atoms with Gasteiger partial charge >= 0.3 is 11.9 Å². The molecule has 0 radical (unpaired) electrons. The van der Waals surface area contributed by atoms with Crippen LogP contribution in [0.3, 0.4) is 0 Å². The van der Waals surface area contributed by atoms with Crippen LogP contribution in [0.1, 0.15) is 84.5 Å². The number of hydrogen-bond acceptors (Lipinski definition) is 4. The fraction of sp³-hybridized carbons (Fsp3) is 0.882. The van der Waals surface area contributed by atoms with E-state index in [0.717, 1.165) is 32.1 Å². The van der Waals surface area contributed by atoms with Gasteiger partial charge in [0.2, 0.25) is 0 Å². The van der Waals surface area contributed by atoms with Crippen molar-refractivity contribution >= 4 is 11.9 Å². The molecule has 0 saturated heterocycles. The zero-order valence-corrected chi connectivity index (χ0v) is 14.0. The molecule has 1 unspecified atom stereocenters. The summed E-state index contributed by atoms with van der Waals surface area (Å²) < 4.78 is 9.98. The van der Waals surface area contributed by atoms with E-state index in [1.54, 1.807) is 0 Å². The Kier molecular flexibility index (Phi) is 13.2. The molecular weight excluding hydrogens is 268 g/mol. The van der Waals surface area contributed by atoms with Crippen molar-refractivity contribution < 1.29 is 19.1 Å². The van der Waals surface area contributed by atoms with Gasteiger partial charge in [-0.15, -0.1) is 0 Å². The molecule has 0 aromatic carbocycles. The molecule has 0 aliphatic heterocycles. The molecule has 0 aliphatic carbocycles. The number of esters is 2. The lowest BCUT2D eigenvalue weighted by Gasteiger charge is -2.15. The van der Waals surface area contributed by atoms with Crippen LogP contribution in [0.5, 0.6) is 0 Å². The number of carbonyl (C=O) groups excluding carboxylic acids is 2. The third-order valence-corrected chi connectivity index (χ3v) is 3.54. The standard InChI is InChI=1S/C17H32O4/c1-4-6-8-9-10-12-13-15(17(19)20-3)21-16(18)14-11-7-5-2/h15H,4-14H2,1-3H3. The molecule has 0 rings (SSSR count). The highest BCUT2D eigenvalue weighted by Gasteiger charge is 2.22. The van der Waals surface area contributed by atoms with Crippen molar-refractivity contribution in [2.45, 2.75) is 90.6 Å². The summed E-state index contributed by atoms with van der Waals surface area (Å²) in [6.07, 6.45) is 9.97. The summed E-state index contributed by atoms with van der Waals surface area (Å²) in [6.45, 7) is 4.27. The smallest absolute Gasteiger partial charge is 0.347 e. The molecule has 0 N–H and O–H groups in total. The van der Waals surface area contributed by atoms with Gasteiger partial charge in [0.1, 0.15) is 0 Å². The van der Waals surface area contributed by atoms with Gasteiger partial charge in [-0.2, -0.15) is 0 Å². The normalized spacial score (nSPS) is 12.0. The number of ether oxygens (including phenoxy) is 2. The van der Waals surface area contributed by atoms with Crippen LogP contribution in [-0.4, -0.2) is 25.2 Å².